The highest BCUT2D eigenvalue weighted by Gasteiger charge is 2.23. The van der Waals surface area contributed by atoms with Gasteiger partial charge in [0.1, 0.15) is 0 Å². The van der Waals surface area contributed by atoms with Crippen molar-refractivity contribution in [2.75, 3.05) is 14.1 Å². The molecule has 98 valence electrons. The van der Waals surface area contributed by atoms with E-state index in [4.69, 9.17) is 0 Å². The third kappa shape index (κ3) is 3.89. The minimum atomic E-state index is 0.389. The molecule has 0 bridgehead atoms. The Labute approximate surface area is 121 Å². The predicted molar refractivity (Wildman–Crippen MR) is 88.6 cm³/mol. The van der Waals surface area contributed by atoms with Crippen LogP contribution in [0.5, 0.6) is 0 Å². The van der Waals surface area contributed by atoms with Gasteiger partial charge >= 0.3 is 0 Å². The summed E-state index contributed by atoms with van der Waals surface area (Å²) in [6.07, 6.45) is 0. The van der Waals surface area contributed by atoms with Crippen LogP contribution in [-0.2, 0) is 0 Å². The predicted octanol–water partition coefficient (Wildman–Crippen LogP) is 2.43. The van der Waals surface area contributed by atoms with Crippen molar-refractivity contribution < 1.29 is 0 Å². The summed E-state index contributed by atoms with van der Waals surface area (Å²) in [5, 5.41) is 0.477. The largest absolute Gasteiger partial charge is 0.299 e. The maximum Gasteiger partial charge on any atom is 0.276 e. The van der Waals surface area contributed by atoms with Gasteiger partial charge in [0.15, 0.2) is 0 Å². The Balaban J connectivity index is 2.29. The van der Waals surface area contributed by atoms with E-state index < -0.39 is 0 Å². The van der Waals surface area contributed by atoms with Gasteiger partial charge in [0.05, 0.1) is 0 Å². The summed E-state index contributed by atoms with van der Waals surface area (Å²) in [6.45, 7) is 2.25. The van der Waals surface area contributed by atoms with Crippen molar-refractivity contribution in [2.24, 2.45) is 0 Å². The zero-order valence-corrected chi connectivity index (χ0v) is 12.6. The first-order valence-corrected chi connectivity index (χ1v) is 7.54. The van der Waals surface area contributed by atoms with E-state index in [1.165, 1.54) is 10.9 Å². The molecule has 0 radical (unpaired) electrons. The van der Waals surface area contributed by atoms with Crippen LogP contribution in [0.15, 0.2) is 60.7 Å². The Bertz CT molecular complexity index is 447. The van der Waals surface area contributed by atoms with Gasteiger partial charge in [0.2, 0.25) is 0 Å². The monoisotopic (exact) mass is 269 g/mol. The van der Waals surface area contributed by atoms with E-state index >= 15 is 0 Å². The Morgan fingerprint density at radius 1 is 0.842 bits per heavy atom. The highest BCUT2D eigenvalue weighted by molar-refractivity contribution is 8.28. The van der Waals surface area contributed by atoms with Crippen LogP contribution in [0.3, 0.4) is 0 Å². The minimum absolute atomic E-state index is 0.389. The van der Waals surface area contributed by atoms with Crippen molar-refractivity contribution >= 4 is 28.5 Å². The van der Waals surface area contributed by atoms with Gasteiger partial charge < -0.3 is 0 Å². The second-order valence-electron chi connectivity index (χ2n) is 4.90. The molecule has 0 aliphatic heterocycles. The molecule has 1 nitrogen and oxygen atoms in total. The summed E-state index contributed by atoms with van der Waals surface area (Å²) >= 11 is 1.98. The molecule has 0 saturated carbocycles. The van der Waals surface area contributed by atoms with E-state index in [2.05, 4.69) is 86.6 Å². The number of benzene rings is 2. The van der Waals surface area contributed by atoms with Crippen LogP contribution < -0.4 is 10.9 Å². The molecule has 0 aliphatic rings. The van der Waals surface area contributed by atoms with Gasteiger partial charge in [0.25, 0.3) is 5.99 Å². The van der Waals surface area contributed by atoms with Gasteiger partial charge in [-0.2, -0.15) is 11.6 Å². The Hall–Kier alpha value is -1.19. The second kappa shape index (κ2) is 6.83. The average molecular weight is 269 g/mol. The number of nitrogens with zero attached hydrogens (tertiary/aromatic N) is 1. The zero-order chi connectivity index (χ0) is 13.7. The summed E-state index contributed by atoms with van der Waals surface area (Å²) in [5.41, 5.74) is 2.74. The van der Waals surface area contributed by atoms with Crippen LogP contribution in [0.1, 0.15) is 6.92 Å². The van der Waals surface area contributed by atoms with Gasteiger partial charge in [-0.15, -0.1) is 0 Å². The molecule has 19 heavy (non-hydrogen) atoms. The lowest BCUT2D eigenvalue weighted by Crippen LogP contribution is -2.42. The first-order valence-electron chi connectivity index (χ1n) is 6.60. The lowest BCUT2D eigenvalue weighted by Gasteiger charge is -2.24. The molecule has 0 saturated heterocycles. The topological polar surface area (TPSA) is 3.24 Å². The van der Waals surface area contributed by atoms with E-state index in [1.807, 2.05) is 11.6 Å². The molecule has 0 aliphatic carbocycles. The molecule has 0 N–H and O–H groups in total. The molecule has 1 unspecified atom stereocenters. The quantitative estimate of drug-likeness (QED) is 0.606. The van der Waals surface area contributed by atoms with E-state index in [1.54, 1.807) is 0 Å². The third-order valence-electron chi connectivity index (χ3n) is 3.26. The molecule has 0 spiro atoms. The SMILES string of the molecule is CC(SB(c1ccccc1)c1ccccc1)N(C)C. The molecule has 1 atom stereocenters. The first kappa shape index (κ1) is 14.2. The Morgan fingerprint density at radius 3 is 1.63 bits per heavy atom. The van der Waals surface area contributed by atoms with Crippen molar-refractivity contribution in [2.45, 2.75) is 12.3 Å². The highest BCUT2D eigenvalue weighted by atomic mass is 32.2. The van der Waals surface area contributed by atoms with Crippen molar-refractivity contribution in [1.29, 1.82) is 0 Å². The van der Waals surface area contributed by atoms with E-state index in [0.29, 0.717) is 11.4 Å². The van der Waals surface area contributed by atoms with Crippen LogP contribution in [0.2, 0.25) is 0 Å². The van der Waals surface area contributed by atoms with Crippen molar-refractivity contribution in [3.05, 3.63) is 60.7 Å². The normalized spacial score (nSPS) is 12.4. The van der Waals surface area contributed by atoms with Crippen molar-refractivity contribution in [1.82, 2.24) is 4.90 Å². The summed E-state index contributed by atoms with van der Waals surface area (Å²) in [6, 6.07) is 21.5. The fourth-order valence-corrected chi connectivity index (χ4v) is 3.19. The minimum Gasteiger partial charge on any atom is -0.299 e. The van der Waals surface area contributed by atoms with Gasteiger partial charge in [-0.3, -0.25) is 4.90 Å². The number of hydrogen-bond donors (Lipinski definition) is 0. The lowest BCUT2D eigenvalue weighted by molar-refractivity contribution is 0.404. The van der Waals surface area contributed by atoms with Crippen LogP contribution in [0, 0.1) is 0 Å². The fraction of sp³-hybridized carbons (Fsp3) is 0.250. The summed E-state index contributed by atoms with van der Waals surface area (Å²) in [5.74, 6) is 0.389. The Kier molecular flexibility index (Phi) is 5.11. The lowest BCUT2D eigenvalue weighted by atomic mass is 9.62. The smallest absolute Gasteiger partial charge is 0.276 e. The van der Waals surface area contributed by atoms with E-state index in [9.17, 15) is 0 Å². The Morgan fingerprint density at radius 2 is 1.26 bits per heavy atom. The fourth-order valence-electron chi connectivity index (χ4n) is 1.92. The average Bonchev–Trinajstić information content (AvgIpc) is 2.46. The molecule has 0 heterocycles. The molecule has 2 aromatic carbocycles. The summed E-state index contributed by atoms with van der Waals surface area (Å²) in [4.78, 5) is 2.25. The van der Waals surface area contributed by atoms with E-state index in [-0.39, 0.29) is 0 Å². The van der Waals surface area contributed by atoms with Gasteiger partial charge in [0, 0.05) is 5.37 Å². The third-order valence-corrected chi connectivity index (χ3v) is 4.90. The molecule has 3 heteroatoms. The van der Waals surface area contributed by atoms with Crippen LogP contribution in [0.25, 0.3) is 0 Å². The van der Waals surface area contributed by atoms with Crippen LogP contribution in [0.4, 0.5) is 0 Å². The maximum absolute atomic E-state index is 2.25. The molecular weight excluding hydrogens is 249 g/mol. The molecular formula is C16H20BNS. The van der Waals surface area contributed by atoms with Crippen molar-refractivity contribution in [3.63, 3.8) is 0 Å². The van der Waals surface area contributed by atoms with Crippen molar-refractivity contribution in [3.8, 4) is 0 Å². The van der Waals surface area contributed by atoms with E-state index in [0.717, 1.165) is 0 Å². The molecule has 0 amide bonds. The number of hydrogen-bond acceptors (Lipinski definition) is 2. The molecule has 0 fully saturated rings. The number of rotatable bonds is 5. The van der Waals surface area contributed by atoms with Crippen LogP contribution in [-0.4, -0.2) is 30.4 Å². The first-order chi connectivity index (χ1) is 9.18. The zero-order valence-electron chi connectivity index (χ0n) is 11.8. The second-order valence-corrected chi connectivity index (χ2v) is 6.33. The summed E-state index contributed by atoms with van der Waals surface area (Å²) < 4.78 is 0. The maximum atomic E-state index is 2.25. The van der Waals surface area contributed by atoms with Gasteiger partial charge in [-0.25, -0.2) is 0 Å². The molecule has 2 rings (SSSR count). The standard InChI is InChI=1S/C16H20BNS/c1-14(18(2)3)19-17(15-10-6-4-7-11-15)16-12-8-5-9-13-16/h4-14H,1-3H3. The van der Waals surface area contributed by atoms with Crippen LogP contribution >= 0.6 is 11.6 Å². The molecule has 0 aromatic heterocycles. The summed E-state index contributed by atoms with van der Waals surface area (Å²) in [7, 11) is 4.26. The highest BCUT2D eigenvalue weighted by Crippen LogP contribution is 2.16. The molecule has 2 aromatic rings. The van der Waals surface area contributed by atoms with Gasteiger partial charge in [-0.1, -0.05) is 71.6 Å². The van der Waals surface area contributed by atoms with Gasteiger partial charge in [-0.05, 0) is 21.0 Å².